The Morgan fingerprint density at radius 3 is 3.05 bits per heavy atom. The van der Waals surface area contributed by atoms with Crippen molar-refractivity contribution in [2.45, 2.75) is 25.8 Å². The first kappa shape index (κ1) is 15.8. The van der Waals surface area contributed by atoms with E-state index in [1.54, 1.807) is 10.7 Å². The standard InChI is InChI=1S/C15H20N4O.ClH/c1-11(16)12-5-4-7-18(10-12)15(20)13-9-17-19-8-3-2-6-14(13)19;/h2-3,6,8-9,11-12H,4-5,7,10,16H2,1H3;1H. The second-order valence-corrected chi connectivity index (χ2v) is 5.60. The minimum Gasteiger partial charge on any atom is -0.338 e. The zero-order valence-corrected chi connectivity index (χ0v) is 12.9. The van der Waals surface area contributed by atoms with Crippen molar-refractivity contribution in [3.63, 3.8) is 0 Å². The summed E-state index contributed by atoms with van der Waals surface area (Å²) in [6, 6.07) is 5.89. The molecule has 21 heavy (non-hydrogen) atoms. The molecular weight excluding hydrogens is 288 g/mol. The molecular formula is C15H21ClN4O. The van der Waals surface area contributed by atoms with E-state index in [0.29, 0.717) is 11.5 Å². The summed E-state index contributed by atoms with van der Waals surface area (Å²) in [5, 5.41) is 4.23. The second kappa shape index (κ2) is 6.45. The van der Waals surface area contributed by atoms with E-state index in [0.717, 1.165) is 31.4 Å². The van der Waals surface area contributed by atoms with Gasteiger partial charge in [-0.05, 0) is 37.8 Å². The highest BCUT2D eigenvalue weighted by molar-refractivity contribution is 6.00. The quantitative estimate of drug-likeness (QED) is 0.922. The number of carbonyl (C=O) groups excluding carboxylic acids is 1. The number of hydrogen-bond donors (Lipinski definition) is 1. The van der Waals surface area contributed by atoms with Gasteiger partial charge >= 0.3 is 0 Å². The molecule has 0 saturated carbocycles. The molecule has 1 aliphatic rings. The lowest BCUT2D eigenvalue weighted by Crippen LogP contribution is -2.45. The lowest BCUT2D eigenvalue weighted by Gasteiger charge is -2.34. The van der Waals surface area contributed by atoms with Crippen LogP contribution in [0, 0.1) is 5.92 Å². The Morgan fingerprint density at radius 1 is 1.48 bits per heavy atom. The van der Waals surface area contributed by atoms with Crippen LogP contribution in [0.15, 0.2) is 30.6 Å². The third-order valence-corrected chi connectivity index (χ3v) is 4.15. The summed E-state index contributed by atoms with van der Waals surface area (Å²) in [4.78, 5) is 14.6. The number of halogens is 1. The summed E-state index contributed by atoms with van der Waals surface area (Å²) in [6.07, 6.45) is 5.65. The second-order valence-electron chi connectivity index (χ2n) is 5.60. The zero-order chi connectivity index (χ0) is 14.1. The Bertz CT molecular complexity index is 625. The van der Waals surface area contributed by atoms with Gasteiger partial charge < -0.3 is 10.6 Å². The largest absolute Gasteiger partial charge is 0.338 e. The average molecular weight is 309 g/mol. The van der Waals surface area contributed by atoms with Gasteiger partial charge in [0.25, 0.3) is 5.91 Å². The zero-order valence-electron chi connectivity index (χ0n) is 12.1. The molecule has 1 aliphatic heterocycles. The van der Waals surface area contributed by atoms with Gasteiger partial charge in [0.05, 0.1) is 17.3 Å². The number of likely N-dealkylation sites (tertiary alicyclic amines) is 1. The number of hydrogen-bond acceptors (Lipinski definition) is 3. The monoisotopic (exact) mass is 308 g/mol. The number of nitrogens with two attached hydrogens (primary N) is 1. The molecule has 2 N–H and O–H groups in total. The number of carbonyl (C=O) groups is 1. The minimum atomic E-state index is 0. The summed E-state index contributed by atoms with van der Waals surface area (Å²) >= 11 is 0. The molecule has 3 rings (SSSR count). The van der Waals surface area contributed by atoms with Gasteiger partial charge in [-0.3, -0.25) is 4.79 Å². The predicted molar refractivity (Wildman–Crippen MR) is 84.7 cm³/mol. The maximum absolute atomic E-state index is 12.7. The Balaban J connectivity index is 0.00000161. The van der Waals surface area contributed by atoms with E-state index in [4.69, 9.17) is 5.73 Å². The van der Waals surface area contributed by atoms with E-state index in [1.807, 2.05) is 36.2 Å². The van der Waals surface area contributed by atoms with Crippen molar-refractivity contribution < 1.29 is 4.79 Å². The van der Waals surface area contributed by atoms with Gasteiger partial charge in [-0.25, -0.2) is 4.52 Å². The first-order valence-corrected chi connectivity index (χ1v) is 7.14. The topological polar surface area (TPSA) is 63.6 Å². The van der Waals surface area contributed by atoms with Gasteiger partial charge in [-0.15, -0.1) is 12.4 Å². The summed E-state index contributed by atoms with van der Waals surface area (Å²) in [7, 11) is 0. The predicted octanol–water partition coefficient (Wildman–Crippen LogP) is 1.96. The van der Waals surface area contributed by atoms with Crippen molar-refractivity contribution in [3.05, 3.63) is 36.2 Å². The van der Waals surface area contributed by atoms with Gasteiger partial charge in [0.2, 0.25) is 0 Å². The van der Waals surface area contributed by atoms with Crippen LogP contribution in [-0.2, 0) is 0 Å². The molecule has 1 saturated heterocycles. The molecule has 6 heteroatoms. The normalized spacial score (nSPS) is 20.1. The summed E-state index contributed by atoms with van der Waals surface area (Å²) in [5.74, 6) is 0.464. The van der Waals surface area contributed by atoms with Gasteiger partial charge in [-0.1, -0.05) is 6.07 Å². The highest BCUT2D eigenvalue weighted by Crippen LogP contribution is 2.21. The van der Waals surface area contributed by atoms with E-state index < -0.39 is 0 Å². The van der Waals surface area contributed by atoms with E-state index in [1.165, 1.54) is 0 Å². The molecule has 5 nitrogen and oxygen atoms in total. The molecule has 3 heterocycles. The van der Waals surface area contributed by atoms with Crippen molar-refractivity contribution in [1.29, 1.82) is 0 Å². The number of amides is 1. The van der Waals surface area contributed by atoms with Crippen molar-refractivity contribution >= 4 is 23.8 Å². The molecule has 114 valence electrons. The van der Waals surface area contributed by atoms with Gasteiger partial charge in [0, 0.05) is 25.3 Å². The van der Waals surface area contributed by atoms with Crippen LogP contribution in [0.3, 0.4) is 0 Å². The minimum absolute atomic E-state index is 0. The highest BCUT2D eigenvalue weighted by atomic mass is 35.5. The lowest BCUT2D eigenvalue weighted by molar-refractivity contribution is 0.0663. The van der Waals surface area contributed by atoms with Crippen molar-refractivity contribution in [1.82, 2.24) is 14.5 Å². The van der Waals surface area contributed by atoms with Crippen LogP contribution >= 0.6 is 12.4 Å². The molecule has 2 unspecified atom stereocenters. The van der Waals surface area contributed by atoms with E-state index in [-0.39, 0.29) is 24.4 Å². The van der Waals surface area contributed by atoms with Gasteiger partial charge in [0.15, 0.2) is 0 Å². The third-order valence-electron chi connectivity index (χ3n) is 4.15. The Labute approximate surface area is 130 Å². The Kier molecular flexibility index (Phi) is 4.85. The maximum Gasteiger partial charge on any atom is 0.257 e. The molecule has 0 radical (unpaired) electrons. The molecule has 2 aromatic rings. The van der Waals surface area contributed by atoms with Crippen LogP contribution < -0.4 is 5.73 Å². The molecule has 0 aliphatic carbocycles. The van der Waals surface area contributed by atoms with E-state index in [9.17, 15) is 4.79 Å². The smallest absolute Gasteiger partial charge is 0.257 e. The van der Waals surface area contributed by atoms with Gasteiger partial charge in [-0.2, -0.15) is 5.10 Å². The van der Waals surface area contributed by atoms with Crippen molar-refractivity contribution in [3.8, 4) is 0 Å². The van der Waals surface area contributed by atoms with E-state index in [2.05, 4.69) is 5.10 Å². The Morgan fingerprint density at radius 2 is 2.29 bits per heavy atom. The van der Waals surface area contributed by atoms with Crippen LogP contribution in [0.5, 0.6) is 0 Å². The summed E-state index contributed by atoms with van der Waals surface area (Å²) in [5.41, 5.74) is 7.52. The number of rotatable bonds is 2. The molecule has 1 fully saturated rings. The van der Waals surface area contributed by atoms with Crippen LogP contribution in [-0.4, -0.2) is 39.6 Å². The molecule has 2 aromatic heterocycles. The van der Waals surface area contributed by atoms with Gasteiger partial charge in [0.1, 0.15) is 0 Å². The molecule has 0 aromatic carbocycles. The number of aromatic nitrogens is 2. The maximum atomic E-state index is 12.7. The summed E-state index contributed by atoms with van der Waals surface area (Å²) in [6.45, 7) is 3.58. The highest BCUT2D eigenvalue weighted by Gasteiger charge is 2.27. The fourth-order valence-corrected chi connectivity index (χ4v) is 2.89. The third kappa shape index (κ3) is 3.04. The van der Waals surface area contributed by atoms with Crippen molar-refractivity contribution in [2.75, 3.05) is 13.1 Å². The number of fused-ring (bicyclic) bond motifs is 1. The Hall–Kier alpha value is -1.59. The fraction of sp³-hybridized carbons (Fsp3) is 0.467. The fourth-order valence-electron chi connectivity index (χ4n) is 2.89. The average Bonchev–Trinajstić information content (AvgIpc) is 2.90. The molecule has 2 atom stereocenters. The van der Waals surface area contributed by atoms with Crippen LogP contribution in [0.4, 0.5) is 0 Å². The van der Waals surface area contributed by atoms with Crippen LogP contribution in [0.25, 0.3) is 5.52 Å². The molecule has 0 bridgehead atoms. The van der Waals surface area contributed by atoms with E-state index >= 15 is 0 Å². The first-order chi connectivity index (χ1) is 9.66. The SMILES string of the molecule is CC(N)C1CCCN(C(=O)c2cnn3ccccc23)C1.Cl. The van der Waals surface area contributed by atoms with Crippen molar-refractivity contribution in [2.24, 2.45) is 11.7 Å². The molecule has 0 spiro atoms. The number of piperidine rings is 1. The number of nitrogens with zero attached hydrogens (tertiary/aromatic N) is 3. The van der Waals surface area contributed by atoms with Crippen LogP contribution in [0.2, 0.25) is 0 Å². The lowest BCUT2D eigenvalue weighted by atomic mass is 9.92. The van der Waals surface area contributed by atoms with Crippen LogP contribution in [0.1, 0.15) is 30.1 Å². The first-order valence-electron chi connectivity index (χ1n) is 7.14. The summed E-state index contributed by atoms with van der Waals surface area (Å²) < 4.78 is 1.74. The number of pyridine rings is 1. The molecule has 1 amide bonds.